The first-order valence-corrected chi connectivity index (χ1v) is 12.4. The van der Waals surface area contributed by atoms with Crippen LogP contribution in [0, 0.1) is 10.8 Å². The Hall–Kier alpha value is -0.0900. The van der Waals surface area contributed by atoms with Gasteiger partial charge in [0, 0.05) is 17.0 Å². The lowest BCUT2D eigenvalue weighted by Crippen LogP contribution is -2.46. The van der Waals surface area contributed by atoms with Crippen LogP contribution in [0.3, 0.4) is 0 Å². The lowest BCUT2D eigenvalue weighted by atomic mass is 9.96. The van der Waals surface area contributed by atoms with Gasteiger partial charge in [-0.15, -0.1) is 0 Å². The number of rotatable bonds is 6. The minimum absolute atomic E-state index is 0.138. The average molecular weight is 569 g/mol. The van der Waals surface area contributed by atoms with Gasteiger partial charge in [-0.1, -0.05) is 111 Å². The molecule has 0 fully saturated rings. The number of hydrogen-bond acceptors (Lipinski definition) is 6. The molecule has 0 saturated carbocycles. The number of aromatic nitrogens is 2. The Balaban J connectivity index is 3.06. The number of halogens is 5. The summed E-state index contributed by atoms with van der Waals surface area (Å²) in [5.41, 5.74) is -1.33. The maximum atomic E-state index is 12.4. The van der Waals surface area contributed by atoms with E-state index in [4.69, 9.17) is 58.0 Å². The summed E-state index contributed by atoms with van der Waals surface area (Å²) >= 11 is 32.1. The predicted molar refractivity (Wildman–Crippen MR) is 132 cm³/mol. The van der Waals surface area contributed by atoms with E-state index >= 15 is 0 Å². The van der Waals surface area contributed by atoms with Crippen LogP contribution in [0.1, 0.15) is 41.5 Å². The molecule has 2 N–H and O–H groups in total. The first-order valence-electron chi connectivity index (χ1n) is 8.83. The number of thioether (sulfide) groups is 2. The fourth-order valence-corrected chi connectivity index (χ4v) is 4.00. The van der Waals surface area contributed by atoms with Crippen molar-refractivity contribution in [1.82, 2.24) is 20.6 Å². The van der Waals surface area contributed by atoms with E-state index in [9.17, 15) is 9.59 Å². The Morgan fingerprint density at radius 3 is 2.00 bits per heavy atom. The van der Waals surface area contributed by atoms with Crippen molar-refractivity contribution in [3.05, 3.63) is 21.8 Å². The van der Waals surface area contributed by atoms with Gasteiger partial charge in [0.1, 0.15) is 19.9 Å². The SMILES string of the molecule is CC(C)(C)C(=O)NC(Sc1nccc(SC(NC(=O)C(C)(C)C)C(Cl)(Cl)Cl)n1)=C(Cl)Cl. The van der Waals surface area contributed by atoms with Crippen LogP contribution < -0.4 is 10.6 Å². The highest BCUT2D eigenvalue weighted by Gasteiger charge is 2.37. The second kappa shape index (κ2) is 11.4. The zero-order valence-electron chi connectivity index (χ0n) is 17.6. The summed E-state index contributed by atoms with van der Waals surface area (Å²) in [6, 6.07) is 1.60. The summed E-state index contributed by atoms with van der Waals surface area (Å²) in [7, 11) is 0. The second-order valence-corrected chi connectivity index (χ2v) is 13.8. The number of nitrogens with zero attached hydrogens (tertiary/aromatic N) is 2. The molecule has 0 radical (unpaired) electrons. The molecule has 1 rings (SSSR count). The number of hydrogen-bond donors (Lipinski definition) is 2. The number of carbonyl (C=O) groups is 2. The van der Waals surface area contributed by atoms with Crippen LogP contribution in [0.5, 0.6) is 0 Å². The highest BCUT2D eigenvalue weighted by molar-refractivity contribution is 8.03. The normalized spacial score (nSPS) is 13.4. The van der Waals surface area contributed by atoms with Crippen LogP contribution >= 0.6 is 81.5 Å². The van der Waals surface area contributed by atoms with Gasteiger partial charge < -0.3 is 10.6 Å². The summed E-state index contributed by atoms with van der Waals surface area (Å²) in [6.07, 6.45) is 1.49. The summed E-state index contributed by atoms with van der Waals surface area (Å²) in [5.74, 6) is -0.565. The van der Waals surface area contributed by atoms with Crippen LogP contribution in [-0.2, 0) is 9.59 Å². The second-order valence-electron chi connectivity index (χ2n) is 8.34. The fraction of sp³-hybridized carbons (Fsp3) is 0.556. The third-order valence-corrected chi connectivity index (χ3v) is 7.07. The van der Waals surface area contributed by atoms with Gasteiger partial charge in [-0.3, -0.25) is 9.59 Å². The van der Waals surface area contributed by atoms with Crippen molar-refractivity contribution in [3.8, 4) is 0 Å². The van der Waals surface area contributed by atoms with Gasteiger partial charge >= 0.3 is 0 Å². The van der Waals surface area contributed by atoms with E-state index in [0.29, 0.717) is 5.03 Å². The molecule has 0 saturated heterocycles. The molecular weight excluding hydrogens is 546 g/mol. The first-order chi connectivity index (χ1) is 13.9. The summed E-state index contributed by atoms with van der Waals surface area (Å²) in [5, 5.41) is 5.33. The van der Waals surface area contributed by atoms with Gasteiger partial charge in [0.15, 0.2) is 5.16 Å². The number of amides is 2. The Labute approximate surface area is 215 Å². The number of alkyl halides is 3. The fourth-order valence-electron chi connectivity index (χ4n) is 1.57. The monoisotopic (exact) mass is 566 g/mol. The molecule has 0 spiro atoms. The molecule has 0 aliphatic carbocycles. The zero-order chi connectivity index (χ0) is 24.2. The Morgan fingerprint density at radius 1 is 1.00 bits per heavy atom. The van der Waals surface area contributed by atoms with Crippen LogP contribution in [0.25, 0.3) is 0 Å². The molecule has 1 aromatic rings. The highest BCUT2D eigenvalue weighted by Crippen LogP contribution is 2.40. The average Bonchev–Trinajstić information content (AvgIpc) is 2.58. The van der Waals surface area contributed by atoms with Gasteiger partial charge in [-0.2, -0.15) is 0 Å². The van der Waals surface area contributed by atoms with Crippen molar-refractivity contribution >= 4 is 93.3 Å². The van der Waals surface area contributed by atoms with Gasteiger partial charge in [-0.25, -0.2) is 9.97 Å². The lowest BCUT2D eigenvalue weighted by Gasteiger charge is -2.28. The molecule has 31 heavy (non-hydrogen) atoms. The lowest BCUT2D eigenvalue weighted by molar-refractivity contribution is -0.129. The number of nitrogens with one attached hydrogen (secondary N) is 2. The summed E-state index contributed by atoms with van der Waals surface area (Å²) in [4.78, 5) is 33.2. The summed E-state index contributed by atoms with van der Waals surface area (Å²) < 4.78 is -1.93. The van der Waals surface area contributed by atoms with Crippen molar-refractivity contribution in [2.75, 3.05) is 0 Å². The molecular formula is C18H23Cl5N4O2S2. The van der Waals surface area contributed by atoms with Gasteiger partial charge in [-0.05, 0) is 17.8 Å². The highest BCUT2D eigenvalue weighted by atomic mass is 35.6. The van der Waals surface area contributed by atoms with Crippen LogP contribution in [0.4, 0.5) is 0 Å². The Bertz CT molecular complexity index is 845. The van der Waals surface area contributed by atoms with E-state index in [0.717, 1.165) is 23.5 Å². The van der Waals surface area contributed by atoms with E-state index in [1.807, 2.05) is 0 Å². The van der Waals surface area contributed by atoms with E-state index in [-0.39, 0.29) is 26.5 Å². The standard InChI is InChI=1S/C18H23Cl5N4O2S2/c1-16(2,3)12(28)26-11(10(19)20)31-15-24-8-7-9(25-15)30-14(18(21,22)23)27-13(29)17(4,5)6/h7-8,14H,1-6H3,(H,26,28)(H,27,29). The van der Waals surface area contributed by atoms with E-state index in [1.54, 1.807) is 47.6 Å². The van der Waals surface area contributed by atoms with Gasteiger partial charge in [0.25, 0.3) is 0 Å². The number of carbonyl (C=O) groups excluding carboxylic acids is 2. The largest absolute Gasteiger partial charge is 0.339 e. The zero-order valence-corrected chi connectivity index (χ0v) is 23.1. The summed E-state index contributed by atoms with van der Waals surface area (Å²) in [6.45, 7) is 10.5. The van der Waals surface area contributed by atoms with Crippen molar-refractivity contribution in [3.63, 3.8) is 0 Å². The topological polar surface area (TPSA) is 84.0 Å². The molecule has 0 aromatic carbocycles. The molecule has 2 amide bonds. The van der Waals surface area contributed by atoms with Crippen molar-refractivity contribution < 1.29 is 9.59 Å². The molecule has 6 nitrogen and oxygen atoms in total. The molecule has 0 aliphatic rings. The molecule has 0 bridgehead atoms. The van der Waals surface area contributed by atoms with Crippen molar-refractivity contribution in [2.45, 2.75) is 60.9 Å². The minimum atomic E-state index is -1.80. The smallest absolute Gasteiger partial charge is 0.230 e. The maximum absolute atomic E-state index is 12.4. The predicted octanol–water partition coefficient (Wildman–Crippen LogP) is 6.29. The van der Waals surface area contributed by atoms with E-state index < -0.39 is 20.0 Å². The van der Waals surface area contributed by atoms with Crippen molar-refractivity contribution in [1.29, 1.82) is 0 Å². The quantitative estimate of drug-likeness (QED) is 0.138. The Morgan fingerprint density at radius 2 is 1.55 bits per heavy atom. The van der Waals surface area contributed by atoms with Gasteiger partial charge in [0.2, 0.25) is 15.6 Å². The molecule has 0 aliphatic heterocycles. The molecule has 174 valence electrons. The molecule has 1 aromatic heterocycles. The molecule has 1 unspecified atom stereocenters. The maximum Gasteiger partial charge on any atom is 0.230 e. The van der Waals surface area contributed by atoms with Crippen LogP contribution in [0.2, 0.25) is 0 Å². The molecule has 1 heterocycles. The third kappa shape index (κ3) is 10.2. The van der Waals surface area contributed by atoms with E-state index in [2.05, 4.69) is 20.6 Å². The van der Waals surface area contributed by atoms with Gasteiger partial charge in [0.05, 0.1) is 0 Å². The van der Waals surface area contributed by atoms with E-state index in [1.165, 1.54) is 6.20 Å². The van der Waals surface area contributed by atoms with Crippen molar-refractivity contribution in [2.24, 2.45) is 10.8 Å². The van der Waals surface area contributed by atoms with Crippen LogP contribution in [-0.4, -0.2) is 30.9 Å². The minimum Gasteiger partial charge on any atom is -0.339 e. The molecule has 1 atom stereocenters. The first kappa shape index (κ1) is 28.9. The molecule has 13 heteroatoms. The Kier molecular flexibility index (Phi) is 10.6. The third-order valence-electron chi connectivity index (χ3n) is 3.36. The van der Waals surface area contributed by atoms with Crippen LogP contribution in [0.15, 0.2) is 32.0 Å².